The Bertz CT molecular complexity index is 550. The van der Waals surface area contributed by atoms with Gasteiger partial charge in [-0.3, -0.25) is 4.79 Å². The second kappa shape index (κ2) is 7.25. The predicted molar refractivity (Wildman–Crippen MR) is 88.9 cm³/mol. The first-order chi connectivity index (χ1) is 11.1. The van der Waals surface area contributed by atoms with Crippen molar-refractivity contribution in [2.45, 2.75) is 39.0 Å². The molecule has 3 heterocycles. The van der Waals surface area contributed by atoms with Gasteiger partial charge in [-0.05, 0) is 31.2 Å². The van der Waals surface area contributed by atoms with Gasteiger partial charge in [-0.25, -0.2) is 9.97 Å². The maximum Gasteiger partial charge on any atom is 0.272 e. The molecule has 0 atom stereocenters. The third kappa shape index (κ3) is 3.80. The maximum atomic E-state index is 12.8. The molecule has 1 aromatic rings. The van der Waals surface area contributed by atoms with Crippen LogP contribution in [0.2, 0.25) is 0 Å². The molecular weight excluding hydrogens is 292 g/mol. The fourth-order valence-electron chi connectivity index (χ4n) is 3.02. The first-order valence-corrected chi connectivity index (χ1v) is 8.66. The number of carbonyl (C=O) groups is 1. The third-order valence-electron chi connectivity index (χ3n) is 4.48. The van der Waals surface area contributed by atoms with E-state index in [0.717, 1.165) is 18.8 Å². The average molecular weight is 318 g/mol. The summed E-state index contributed by atoms with van der Waals surface area (Å²) in [5.41, 5.74) is 1.46. The van der Waals surface area contributed by atoms with Crippen LogP contribution in [0.15, 0.2) is 6.07 Å². The predicted octanol–water partition coefficient (Wildman–Crippen LogP) is 2.06. The van der Waals surface area contributed by atoms with E-state index < -0.39 is 0 Å². The molecule has 126 valence electrons. The summed E-state index contributed by atoms with van der Waals surface area (Å²) in [7, 11) is 0. The summed E-state index contributed by atoms with van der Waals surface area (Å²) in [5, 5.41) is 0. The fourth-order valence-corrected chi connectivity index (χ4v) is 3.02. The molecule has 0 spiro atoms. The first kappa shape index (κ1) is 16.2. The molecule has 0 bridgehead atoms. The second-order valence-electron chi connectivity index (χ2n) is 6.59. The monoisotopic (exact) mass is 318 g/mol. The van der Waals surface area contributed by atoms with Crippen LogP contribution in [0.3, 0.4) is 0 Å². The zero-order valence-corrected chi connectivity index (χ0v) is 14.1. The highest BCUT2D eigenvalue weighted by atomic mass is 16.5. The Labute approximate surface area is 137 Å². The number of aromatic nitrogens is 2. The molecular formula is C17H26N4O2. The largest absolute Gasteiger partial charge is 0.378 e. The topological polar surface area (TPSA) is 58.6 Å². The standard InChI is InChI=1S/C17H26N4O2/c1-13(2)14-12-15(16(22)20-8-10-23-11-9-20)19-17(18-14)21-6-4-3-5-7-21/h12-13H,3-11H2,1-2H3. The van der Waals surface area contributed by atoms with Gasteiger partial charge in [0.1, 0.15) is 5.69 Å². The van der Waals surface area contributed by atoms with E-state index in [2.05, 4.69) is 23.7 Å². The molecule has 3 rings (SSSR count). The molecule has 1 aromatic heterocycles. The quantitative estimate of drug-likeness (QED) is 0.854. The Balaban J connectivity index is 1.88. The number of piperidine rings is 1. The number of hydrogen-bond acceptors (Lipinski definition) is 5. The van der Waals surface area contributed by atoms with Crippen LogP contribution in [0.5, 0.6) is 0 Å². The minimum absolute atomic E-state index is 0.00383. The molecule has 0 aromatic carbocycles. The average Bonchev–Trinajstić information content (AvgIpc) is 2.62. The van der Waals surface area contributed by atoms with E-state index in [-0.39, 0.29) is 11.8 Å². The molecule has 0 saturated carbocycles. The fraction of sp³-hybridized carbons (Fsp3) is 0.706. The van der Waals surface area contributed by atoms with Crippen LogP contribution in [0.1, 0.15) is 55.2 Å². The molecule has 6 heteroatoms. The van der Waals surface area contributed by atoms with Gasteiger partial charge in [0.15, 0.2) is 0 Å². The second-order valence-corrected chi connectivity index (χ2v) is 6.59. The van der Waals surface area contributed by atoms with Crippen molar-refractivity contribution in [3.63, 3.8) is 0 Å². The molecule has 0 radical (unpaired) electrons. The van der Waals surface area contributed by atoms with E-state index in [1.165, 1.54) is 19.3 Å². The van der Waals surface area contributed by atoms with Crippen molar-refractivity contribution in [2.24, 2.45) is 0 Å². The van der Waals surface area contributed by atoms with Gasteiger partial charge in [0.25, 0.3) is 5.91 Å². The number of anilines is 1. The number of amides is 1. The summed E-state index contributed by atoms with van der Waals surface area (Å²) in [5.74, 6) is 0.987. The van der Waals surface area contributed by atoms with E-state index in [1.807, 2.05) is 11.0 Å². The summed E-state index contributed by atoms with van der Waals surface area (Å²) < 4.78 is 5.33. The molecule has 2 saturated heterocycles. The normalized spacial score (nSPS) is 19.3. The van der Waals surface area contributed by atoms with Crippen molar-refractivity contribution in [1.82, 2.24) is 14.9 Å². The van der Waals surface area contributed by atoms with E-state index >= 15 is 0 Å². The number of nitrogens with zero attached hydrogens (tertiary/aromatic N) is 4. The van der Waals surface area contributed by atoms with Crippen molar-refractivity contribution in [3.8, 4) is 0 Å². The maximum absolute atomic E-state index is 12.8. The summed E-state index contributed by atoms with van der Waals surface area (Å²) >= 11 is 0. The van der Waals surface area contributed by atoms with E-state index in [4.69, 9.17) is 9.72 Å². The first-order valence-electron chi connectivity index (χ1n) is 8.66. The highest BCUT2D eigenvalue weighted by Gasteiger charge is 2.23. The van der Waals surface area contributed by atoms with Gasteiger partial charge in [-0.1, -0.05) is 13.8 Å². The molecule has 23 heavy (non-hydrogen) atoms. The van der Waals surface area contributed by atoms with Crippen LogP contribution in [0.4, 0.5) is 5.95 Å². The Kier molecular flexibility index (Phi) is 5.10. The van der Waals surface area contributed by atoms with Gasteiger partial charge in [0, 0.05) is 31.9 Å². The van der Waals surface area contributed by atoms with Crippen molar-refractivity contribution >= 4 is 11.9 Å². The smallest absolute Gasteiger partial charge is 0.272 e. The molecule has 6 nitrogen and oxygen atoms in total. The zero-order valence-electron chi connectivity index (χ0n) is 14.1. The van der Waals surface area contributed by atoms with Gasteiger partial charge in [-0.2, -0.15) is 0 Å². The lowest BCUT2D eigenvalue weighted by molar-refractivity contribution is 0.0299. The Morgan fingerprint density at radius 3 is 2.43 bits per heavy atom. The summed E-state index contributed by atoms with van der Waals surface area (Å²) in [6, 6.07) is 1.86. The molecule has 0 unspecified atom stereocenters. The Hall–Kier alpha value is -1.69. The van der Waals surface area contributed by atoms with Crippen molar-refractivity contribution in [3.05, 3.63) is 17.5 Å². The van der Waals surface area contributed by atoms with E-state index in [9.17, 15) is 4.79 Å². The zero-order chi connectivity index (χ0) is 16.2. The molecule has 0 N–H and O–H groups in total. The third-order valence-corrected chi connectivity index (χ3v) is 4.48. The molecule has 0 aliphatic carbocycles. The Morgan fingerprint density at radius 2 is 1.78 bits per heavy atom. The van der Waals surface area contributed by atoms with Crippen LogP contribution in [0.25, 0.3) is 0 Å². The van der Waals surface area contributed by atoms with Gasteiger partial charge >= 0.3 is 0 Å². The van der Waals surface area contributed by atoms with Gasteiger partial charge in [0.2, 0.25) is 5.95 Å². The number of ether oxygens (including phenoxy) is 1. The lowest BCUT2D eigenvalue weighted by Gasteiger charge is -2.29. The lowest BCUT2D eigenvalue weighted by Crippen LogP contribution is -2.41. The van der Waals surface area contributed by atoms with Crippen molar-refractivity contribution in [2.75, 3.05) is 44.3 Å². The minimum Gasteiger partial charge on any atom is -0.378 e. The van der Waals surface area contributed by atoms with Crippen molar-refractivity contribution < 1.29 is 9.53 Å². The Morgan fingerprint density at radius 1 is 1.09 bits per heavy atom. The molecule has 2 aliphatic heterocycles. The van der Waals surface area contributed by atoms with Crippen LogP contribution < -0.4 is 4.90 Å². The van der Waals surface area contributed by atoms with Crippen molar-refractivity contribution in [1.29, 1.82) is 0 Å². The van der Waals surface area contributed by atoms with Crippen LogP contribution in [-0.4, -0.2) is 60.2 Å². The summed E-state index contributed by atoms with van der Waals surface area (Å²) in [6.45, 7) is 8.65. The number of carbonyl (C=O) groups excluding carboxylic acids is 1. The minimum atomic E-state index is -0.00383. The highest BCUT2D eigenvalue weighted by Crippen LogP contribution is 2.21. The lowest BCUT2D eigenvalue weighted by atomic mass is 10.1. The van der Waals surface area contributed by atoms with Gasteiger partial charge in [0.05, 0.1) is 13.2 Å². The summed E-state index contributed by atoms with van der Waals surface area (Å²) in [4.78, 5) is 26.1. The SMILES string of the molecule is CC(C)c1cc(C(=O)N2CCOCC2)nc(N2CCCCC2)n1. The number of morpholine rings is 1. The molecule has 2 fully saturated rings. The van der Waals surface area contributed by atoms with E-state index in [0.29, 0.717) is 37.9 Å². The van der Waals surface area contributed by atoms with Gasteiger partial charge < -0.3 is 14.5 Å². The van der Waals surface area contributed by atoms with Crippen LogP contribution in [0, 0.1) is 0 Å². The number of hydrogen-bond donors (Lipinski definition) is 0. The van der Waals surface area contributed by atoms with Crippen LogP contribution in [-0.2, 0) is 4.74 Å². The highest BCUT2D eigenvalue weighted by molar-refractivity contribution is 5.92. The number of rotatable bonds is 3. The molecule has 1 amide bonds. The summed E-state index contributed by atoms with van der Waals surface area (Å²) in [6.07, 6.45) is 3.60. The van der Waals surface area contributed by atoms with Crippen LogP contribution >= 0.6 is 0 Å². The van der Waals surface area contributed by atoms with E-state index in [1.54, 1.807) is 0 Å². The van der Waals surface area contributed by atoms with Gasteiger partial charge in [-0.15, -0.1) is 0 Å². The molecule has 2 aliphatic rings.